The molecule has 5 nitrogen and oxygen atoms in total. The van der Waals surface area contributed by atoms with Crippen LogP contribution in [0.1, 0.15) is 63.2 Å². The molecule has 0 atom stereocenters. The molecule has 1 aromatic rings. The fourth-order valence-corrected chi connectivity index (χ4v) is 6.78. The van der Waals surface area contributed by atoms with Crippen molar-refractivity contribution in [2.24, 2.45) is 17.8 Å². The van der Waals surface area contributed by atoms with E-state index < -0.39 is 0 Å². The first-order chi connectivity index (χ1) is 11.6. The molecule has 5 fully saturated rings. The number of aryl methyl sites for hydroxylation is 1. The molecule has 0 spiro atoms. The van der Waals surface area contributed by atoms with Gasteiger partial charge in [-0.3, -0.25) is 4.79 Å². The Labute approximate surface area is 147 Å². The highest BCUT2D eigenvalue weighted by Crippen LogP contribution is 2.55. The van der Waals surface area contributed by atoms with Crippen molar-refractivity contribution in [1.29, 1.82) is 0 Å². The van der Waals surface area contributed by atoms with E-state index in [4.69, 9.17) is 0 Å². The van der Waals surface area contributed by atoms with Crippen LogP contribution in [-0.4, -0.2) is 32.0 Å². The van der Waals surface area contributed by atoms with Crippen molar-refractivity contribution < 1.29 is 4.79 Å². The number of thioether (sulfide) groups is 1. The summed E-state index contributed by atoms with van der Waals surface area (Å²) >= 11 is 1.55. The van der Waals surface area contributed by atoms with Gasteiger partial charge in [-0.1, -0.05) is 11.8 Å². The van der Waals surface area contributed by atoms with Crippen molar-refractivity contribution in [2.45, 2.75) is 75.0 Å². The minimum absolute atomic E-state index is 0.118. The molecule has 1 heterocycles. The van der Waals surface area contributed by atoms with E-state index in [2.05, 4.69) is 20.1 Å². The SMILES string of the molecule is Cc1nnc(SCC(=O)NC23CC4CC(CC(C4)C2)C3)n1C1CC1. The third-order valence-electron chi connectivity index (χ3n) is 6.52. The third-order valence-corrected chi connectivity index (χ3v) is 7.47. The van der Waals surface area contributed by atoms with Crippen molar-refractivity contribution >= 4 is 17.7 Å². The van der Waals surface area contributed by atoms with Gasteiger partial charge in [0.05, 0.1) is 5.75 Å². The van der Waals surface area contributed by atoms with Crippen molar-refractivity contribution in [1.82, 2.24) is 20.1 Å². The molecule has 4 bridgehead atoms. The van der Waals surface area contributed by atoms with Crippen LogP contribution in [0.5, 0.6) is 0 Å². The Morgan fingerprint density at radius 3 is 2.38 bits per heavy atom. The van der Waals surface area contributed by atoms with Crippen molar-refractivity contribution in [3.8, 4) is 0 Å². The molecular weight excluding hydrogens is 320 g/mol. The van der Waals surface area contributed by atoms with E-state index in [-0.39, 0.29) is 11.4 Å². The van der Waals surface area contributed by atoms with E-state index in [0.29, 0.717) is 11.8 Å². The summed E-state index contributed by atoms with van der Waals surface area (Å²) in [5.74, 6) is 4.22. The molecule has 1 amide bonds. The molecule has 0 radical (unpaired) electrons. The van der Waals surface area contributed by atoms with Crippen molar-refractivity contribution in [3.63, 3.8) is 0 Å². The zero-order chi connectivity index (χ0) is 16.3. The lowest BCUT2D eigenvalue weighted by atomic mass is 9.53. The fourth-order valence-electron chi connectivity index (χ4n) is 5.93. The standard InChI is InChI=1S/C18H26N4OS/c1-11-20-21-17(22(11)15-2-3-15)24-10-16(23)19-18-7-12-4-13(8-18)6-14(5-12)9-18/h12-15H,2-10H2,1H3,(H,19,23). The van der Waals surface area contributed by atoms with Gasteiger partial charge in [-0.2, -0.15) is 0 Å². The lowest BCUT2D eigenvalue weighted by Crippen LogP contribution is -2.60. The Balaban J connectivity index is 1.22. The van der Waals surface area contributed by atoms with E-state index in [0.717, 1.165) is 28.7 Å². The van der Waals surface area contributed by atoms with E-state index in [9.17, 15) is 4.79 Å². The molecule has 24 heavy (non-hydrogen) atoms. The number of nitrogens with zero attached hydrogens (tertiary/aromatic N) is 3. The van der Waals surface area contributed by atoms with E-state index in [1.54, 1.807) is 11.8 Å². The molecule has 5 aliphatic rings. The van der Waals surface area contributed by atoms with E-state index in [1.165, 1.54) is 51.4 Å². The van der Waals surface area contributed by atoms with Crippen LogP contribution in [-0.2, 0) is 4.79 Å². The van der Waals surface area contributed by atoms with Gasteiger partial charge in [-0.25, -0.2) is 0 Å². The Bertz CT molecular complexity index is 631. The average Bonchev–Trinajstić information content (AvgIpc) is 3.26. The van der Waals surface area contributed by atoms with Crippen LogP contribution in [0.25, 0.3) is 0 Å². The number of carbonyl (C=O) groups is 1. The van der Waals surface area contributed by atoms with Crippen molar-refractivity contribution in [3.05, 3.63) is 5.82 Å². The second-order valence-corrected chi connectivity index (χ2v) is 9.61. The normalized spacial score (nSPS) is 37.0. The van der Waals surface area contributed by atoms with Gasteiger partial charge in [0.15, 0.2) is 5.16 Å². The summed E-state index contributed by atoms with van der Waals surface area (Å²) in [4.78, 5) is 12.6. The number of carbonyl (C=O) groups excluding carboxylic acids is 1. The van der Waals surface area contributed by atoms with Gasteiger partial charge < -0.3 is 9.88 Å². The minimum atomic E-state index is 0.118. The van der Waals surface area contributed by atoms with Gasteiger partial charge in [0.25, 0.3) is 0 Å². The second kappa shape index (κ2) is 5.48. The van der Waals surface area contributed by atoms with Crippen LogP contribution in [0.2, 0.25) is 0 Å². The summed E-state index contributed by atoms with van der Waals surface area (Å²) in [7, 11) is 0. The van der Waals surface area contributed by atoms with Crippen LogP contribution >= 0.6 is 11.8 Å². The summed E-state index contributed by atoms with van der Waals surface area (Å²) < 4.78 is 2.21. The maximum absolute atomic E-state index is 12.6. The zero-order valence-electron chi connectivity index (χ0n) is 14.3. The van der Waals surface area contributed by atoms with Gasteiger partial charge in [0.2, 0.25) is 5.91 Å². The average molecular weight is 347 g/mol. The highest BCUT2D eigenvalue weighted by atomic mass is 32.2. The zero-order valence-corrected chi connectivity index (χ0v) is 15.1. The molecule has 1 aromatic heterocycles. The molecule has 6 rings (SSSR count). The Morgan fingerprint density at radius 2 is 1.79 bits per heavy atom. The van der Waals surface area contributed by atoms with Gasteiger partial charge in [-0.05, 0) is 76.0 Å². The van der Waals surface area contributed by atoms with Crippen LogP contribution in [0.3, 0.4) is 0 Å². The predicted octanol–water partition coefficient (Wildman–Crippen LogP) is 3.10. The molecule has 130 valence electrons. The Morgan fingerprint density at radius 1 is 1.17 bits per heavy atom. The molecule has 5 saturated carbocycles. The summed E-state index contributed by atoms with van der Waals surface area (Å²) in [5.41, 5.74) is 0.118. The highest BCUT2D eigenvalue weighted by Gasteiger charge is 2.51. The Hall–Kier alpha value is -1.04. The lowest BCUT2D eigenvalue weighted by molar-refractivity contribution is -0.124. The third kappa shape index (κ3) is 2.67. The highest BCUT2D eigenvalue weighted by molar-refractivity contribution is 7.99. The maximum atomic E-state index is 12.6. The molecule has 6 heteroatoms. The summed E-state index contributed by atoms with van der Waals surface area (Å²) in [6.45, 7) is 2.00. The topological polar surface area (TPSA) is 59.8 Å². The predicted molar refractivity (Wildman–Crippen MR) is 92.8 cm³/mol. The molecule has 0 saturated heterocycles. The van der Waals surface area contributed by atoms with Crippen molar-refractivity contribution in [2.75, 3.05) is 5.75 Å². The molecular formula is C18H26N4OS. The minimum Gasteiger partial charge on any atom is -0.350 e. The quantitative estimate of drug-likeness (QED) is 0.832. The first kappa shape index (κ1) is 15.2. The second-order valence-electron chi connectivity index (χ2n) is 8.67. The Kier molecular flexibility index (Phi) is 3.48. The van der Waals surface area contributed by atoms with E-state index in [1.807, 2.05) is 6.92 Å². The number of aromatic nitrogens is 3. The largest absolute Gasteiger partial charge is 0.350 e. The molecule has 0 aromatic carbocycles. The smallest absolute Gasteiger partial charge is 0.230 e. The first-order valence-electron chi connectivity index (χ1n) is 9.45. The summed E-state index contributed by atoms with van der Waals surface area (Å²) in [6.07, 6.45) is 10.3. The van der Waals surface area contributed by atoms with Gasteiger partial charge >= 0.3 is 0 Å². The van der Waals surface area contributed by atoms with Crippen LogP contribution in [0.4, 0.5) is 0 Å². The fraction of sp³-hybridized carbons (Fsp3) is 0.833. The number of hydrogen-bond acceptors (Lipinski definition) is 4. The van der Waals surface area contributed by atoms with Gasteiger partial charge in [0.1, 0.15) is 5.82 Å². The van der Waals surface area contributed by atoms with Crippen LogP contribution < -0.4 is 5.32 Å². The maximum Gasteiger partial charge on any atom is 0.230 e. The van der Waals surface area contributed by atoms with Gasteiger partial charge in [0, 0.05) is 11.6 Å². The van der Waals surface area contributed by atoms with Crippen LogP contribution in [0.15, 0.2) is 5.16 Å². The first-order valence-corrected chi connectivity index (χ1v) is 10.4. The summed E-state index contributed by atoms with van der Waals surface area (Å²) in [5, 5.41) is 12.8. The monoisotopic (exact) mass is 346 g/mol. The van der Waals surface area contributed by atoms with Crippen LogP contribution in [0, 0.1) is 24.7 Å². The van der Waals surface area contributed by atoms with E-state index >= 15 is 0 Å². The molecule has 5 aliphatic carbocycles. The molecule has 1 N–H and O–H groups in total. The number of nitrogens with one attached hydrogen (secondary N) is 1. The lowest BCUT2D eigenvalue weighted by Gasteiger charge is -2.56. The number of hydrogen-bond donors (Lipinski definition) is 1. The molecule has 0 aliphatic heterocycles. The number of rotatable bonds is 5. The molecule has 0 unspecified atom stereocenters. The summed E-state index contributed by atoms with van der Waals surface area (Å²) in [6, 6.07) is 0.564. The number of amides is 1. The van der Waals surface area contributed by atoms with Gasteiger partial charge in [-0.15, -0.1) is 10.2 Å².